The number of benzene rings is 3. The number of carbonyl (C=O) groups excluding carboxylic acids is 2. The first-order valence-electron chi connectivity index (χ1n) is 13.3. The molecular weight excluding hydrogens is 560 g/mol. The van der Waals surface area contributed by atoms with E-state index in [9.17, 15) is 19.1 Å². The van der Waals surface area contributed by atoms with Gasteiger partial charge in [-0.2, -0.15) is 0 Å². The second-order valence-electron chi connectivity index (χ2n) is 11.2. The third-order valence-corrected chi connectivity index (χ3v) is 8.05. The minimum absolute atomic E-state index is 0.0891. The van der Waals surface area contributed by atoms with Gasteiger partial charge in [0, 0.05) is 34.7 Å². The van der Waals surface area contributed by atoms with Gasteiger partial charge < -0.3 is 15.2 Å². The van der Waals surface area contributed by atoms with Crippen LogP contribution in [0.25, 0.3) is 0 Å². The number of nitrogens with one attached hydrogen (secondary N) is 1. The number of phenols is 1. The Morgan fingerprint density at radius 3 is 2.64 bits per heavy atom. The van der Waals surface area contributed by atoms with Crippen LogP contribution in [0.3, 0.4) is 0 Å². The number of Topliss-reactive ketones (excluding diaryl/α,β-unsaturated/α-hetero) is 1. The first-order valence-corrected chi connectivity index (χ1v) is 14.3. The second-order valence-corrected chi connectivity index (χ2v) is 11.9. The molecule has 2 aliphatic rings. The molecule has 1 aliphatic carbocycles. The topological polar surface area (TPSA) is 91.8 Å². The number of hydrogen-bond donors (Lipinski definition) is 2. The maximum atomic E-state index is 16.1. The van der Waals surface area contributed by atoms with E-state index in [0.717, 1.165) is 0 Å². The lowest BCUT2D eigenvalue weighted by Crippen LogP contribution is -2.40. The number of thiazole rings is 1. The highest BCUT2D eigenvalue weighted by Crippen LogP contribution is 2.51. The highest BCUT2D eigenvalue weighted by molar-refractivity contribution is 7.07. The van der Waals surface area contributed by atoms with Crippen molar-refractivity contribution in [3.63, 3.8) is 0 Å². The molecule has 0 saturated carbocycles. The van der Waals surface area contributed by atoms with E-state index in [1.807, 2.05) is 13.8 Å². The van der Waals surface area contributed by atoms with Crippen molar-refractivity contribution >= 4 is 34.4 Å². The Hall–Kier alpha value is -4.57. The van der Waals surface area contributed by atoms with Crippen molar-refractivity contribution in [3.05, 3.63) is 111 Å². The zero-order chi connectivity index (χ0) is 29.6. The number of allylic oxidation sites excluding steroid dienone is 1. The Balaban J connectivity index is 1.49. The van der Waals surface area contributed by atoms with Gasteiger partial charge in [0.05, 0.1) is 17.2 Å². The SMILES string of the molecule is CC1(C)CC(=O)C2=C(C1)Nc1c(O)cccc1N(C(=O)c1cscn1)C2c1ccc(OCc2ccc(F)cc2)cc1F. The highest BCUT2D eigenvalue weighted by Gasteiger charge is 2.45. The molecule has 4 aromatic rings. The minimum atomic E-state index is -1.15. The van der Waals surface area contributed by atoms with Crippen LogP contribution in [0, 0.1) is 17.0 Å². The summed E-state index contributed by atoms with van der Waals surface area (Å²) < 4.78 is 35.2. The molecule has 1 aliphatic heterocycles. The third kappa shape index (κ3) is 5.14. The molecule has 1 atom stereocenters. The third-order valence-electron chi connectivity index (χ3n) is 7.46. The summed E-state index contributed by atoms with van der Waals surface area (Å²) in [5.41, 5.74) is 3.36. The fourth-order valence-corrected chi connectivity index (χ4v) is 6.10. The monoisotopic (exact) mass is 587 g/mol. The van der Waals surface area contributed by atoms with Crippen molar-refractivity contribution in [1.29, 1.82) is 0 Å². The number of halogens is 2. The smallest absolute Gasteiger partial charge is 0.278 e. The number of aromatic hydroxyl groups is 1. The van der Waals surface area contributed by atoms with E-state index < -0.39 is 23.2 Å². The summed E-state index contributed by atoms with van der Waals surface area (Å²) in [6, 6.07) is 13.7. The predicted octanol–water partition coefficient (Wildman–Crippen LogP) is 7.16. The van der Waals surface area contributed by atoms with E-state index in [1.54, 1.807) is 35.7 Å². The maximum absolute atomic E-state index is 16.1. The molecule has 214 valence electrons. The van der Waals surface area contributed by atoms with Gasteiger partial charge in [-0.3, -0.25) is 14.5 Å². The molecule has 42 heavy (non-hydrogen) atoms. The molecule has 3 aromatic carbocycles. The molecule has 0 radical (unpaired) electrons. The summed E-state index contributed by atoms with van der Waals surface area (Å²) in [5, 5.41) is 15.7. The Kier molecular flexibility index (Phi) is 7.02. The molecule has 1 unspecified atom stereocenters. The summed E-state index contributed by atoms with van der Waals surface area (Å²) in [4.78, 5) is 33.5. The van der Waals surface area contributed by atoms with Crippen LogP contribution in [0.4, 0.5) is 20.2 Å². The van der Waals surface area contributed by atoms with E-state index in [1.165, 1.54) is 52.1 Å². The summed E-state index contributed by atoms with van der Waals surface area (Å²) in [5.74, 6) is -1.70. The van der Waals surface area contributed by atoms with Crippen molar-refractivity contribution in [2.45, 2.75) is 39.3 Å². The zero-order valence-electron chi connectivity index (χ0n) is 22.9. The Morgan fingerprint density at radius 2 is 1.93 bits per heavy atom. The Labute approximate surface area is 245 Å². The van der Waals surface area contributed by atoms with Crippen molar-refractivity contribution in [3.8, 4) is 11.5 Å². The van der Waals surface area contributed by atoms with Gasteiger partial charge in [0.1, 0.15) is 41.1 Å². The van der Waals surface area contributed by atoms with Crippen molar-refractivity contribution in [2.75, 3.05) is 10.2 Å². The average Bonchev–Trinajstić information content (AvgIpc) is 3.43. The number of phenolic OH excluding ortho intramolecular Hbond substituents is 1. The quantitative estimate of drug-likeness (QED) is 0.241. The van der Waals surface area contributed by atoms with E-state index in [0.29, 0.717) is 17.7 Å². The summed E-state index contributed by atoms with van der Waals surface area (Å²) >= 11 is 1.24. The van der Waals surface area contributed by atoms with Crippen LogP contribution in [0.2, 0.25) is 0 Å². The lowest BCUT2D eigenvalue weighted by atomic mass is 9.73. The molecule has 0 bridgehead atoms. The van der Waals surface area contributed by atoms with Crippen LogP contribution in [-0.2, 0) is 11.4 Å². The largest absolute Gasteiger partial charge is 0.506 e. The predicted molar refractivity (Wildman–Crippen MR) is 156 cm³/mol. The molecule has 7 nitrogen and oxygen atoms in total. The molecular formula is C32H27F2N3O4S. The number of nitrogens with zero attached hydrogens (tertiary/aromatic N) is 2. The molecule has 0 saturated heterocycles. The van der Waals surface area contributed by atoms with Crippen LogP contribution >= 0.6 is 11.3 Å². The fourth-order valence-electron chi connectivity index (χ4n) is 5.57. The highest BCUT2D eigenvalue weighted by atomic mass is 32.1. The number of ether oxygens (including phenoxy) is 1. The molecule has 0 fully saturated rings. The van der Waals surface area contributed by atoms with Crippen LogP contribution in [0.1, 0.15) is 54.3 Å². The first-order chi connectivity index (χ1) is 20.1. The number of hydrogen-bond acceptors (Lipinski definition) is 7. The second kappa shape index (κ2) is 10.7. The molecule has 0 spiro atoms. The van der Waals surface area contributed by atoms with Gasteiger partial charge >= 0.3 is 0 Å². The van der Waals surface area contributed by atoms with Gasteiger partial charge in [-0.25, -0.2) is 13.8 Å². The molecule has 2 N–H and O–H groups in total. The van der Waals surface area contributed by atoms with Gasteiger partial charge in [-0.1, -0.05) is 32.0 Å². The number of anilines is 2. The van der Waals surface area contributed by atoms with E-state index in [-0.39, 0.29) is 64.3 Å². The molecule has 2 heterocycles. The molecule has 1 amide bonds. The number of para-hydroxylation sites is 1. The van der Waals surface area contributed by atoms with Gasteiger partial charge in [0.2, 0.25) is 0 Å². The van der Waals surface area contributed by atoms with Crippen LogP contribution < -0.4 is 15.0 Å². The van der Waals surface area contributed by atoms with E-state index in [2.05, 4.69) is 10.3 Å². The van der Waals surface area contributed by atoms with Gasteiger partial charge in [0.25, 0.3) is 5.91 Å². The Bertz CT molecular complexity index is 1720. The number of rotatable bonds is 5. The normalized spacial score (nSPS) is 17.7. The lowest BCUT2D eigenvalue weighted by Gasteiger charge is -2.37. The van der Waals surface area contributed by atoms with Crippen LogP contribution in [-0.4, -0.2) is 21.8 Å². The fraction of sp³-hybridized carbons (Fsp3) is 0.219. The number of aromatic nitrogens is 1. The van der Waals surface area contributed by atoms with Gasteiger partial charge in [-0.05, 0) is 53.8 Å². The van der Waals surface area contributed by atoms with E-state index in [4.69, 9.17) is 4.74 Å². The van der Waals surface area contributed by atoms with Crippen molar-refractivity contribution in [2.24, 2.45) is 5.41 Å². The van der Waals surface area contributed by atoms with Crippen LogP contribution in [0.5, 0.6) is 11.5 Å². The lowest BCUT2D eigenvalue weighted by molar-refractivity contribution is -0.118. The first kappa shape index (κ1) is 27.6. The van der Waals surface area contributed by atoms with Crippen LogP contribution in [0.15, 0.2) is 82.8 Å². The standard InChI is InChI=1S/C32H27F2N3O4S/c1-32(2)13-23-28(27(39)14-32)30(21-11-10-20(12-22(21)34)41-15-18-6-8-19(33)9-7-18)37(31(40)24-16-42-17-35-24)25-4-3-5-26(38)29(25)36-23/h3-12,16-17,30,36,38H,13-15H2,1-2H3. The summed E-state index contributed by atoms with van der Waals surface area (Å²) in [6.45, 7) is 4.03. The zero-order valence-corrected chi connectivity index (χ0v) is 23.7. The number of ketones is 1. The molecule has 1 aromatic heterocycles. The van der Waals surface area contributed by atoms with E-state index >= 15 is 4.39 Å². The summed E-state index contributed by atoms with van der Waals surface area (Å²) in [6.07, 6.45) is 0.642. The van der Waals surface area contributed by atoms with Crippen molar-refractivity contribution < 1.29 is 28.2 Å². The molecule has 6 rings (SSSR count). The van der Waals surface area contributed by atoms with Gasteiger partial charge in [-0.15, -0.1) is 11.3 Å². The number of carbonyl (C=O) groups is 2. The number of fused-ring (bicyclic) bond motifs is 1. The Morgan fingerprint density at radius 1 is 1.14 bits per heavy atom. The van der Waals surface area contributed by atoms with Crippen molar-refractivity contribution in [1.82, 2.24) is 4.98 Å². The molecule has 10 heteroatoms. The van der Waals surface area contributed by atoms with Gasteiger partial charge in [0.15, 0.2) is 5.78 Å². The summed E-state index contributed by atoms with van der Waals surface area (Å²) in [7, 11) is 0. The maximum Gasteiger partial charge on any atom is 0.278 e. The average molecular weight is 588 g/mol. The minimum Gasteiger partial charge on any atom is -0.506 e. The number of amides is 1.